The third-order valence-electron chi connectivity index (χ3n) is 3.51. The molecule has 0 atom stereocenters. The highest BCUT2D eigenvalue weighted by Gasteiger charge is 2.19. The summed E-state index contributed by atoms with van der Waals surface area (Å²) in [6.45, 7) is 11.7. The van der Waals surface area contributed by atoms with E-state index >= 15 is 0 Å². The monoisotopic (exact) mass is 292 g/mol. The van der Waals surface area contributed by atoms with E-state index in [0.29, 0.717) is 6.54 Å². The van der Waals surface area contributed by atoms with Crippen LogP contribution in [0.5, 0.6) is 0 Å². The first-order valence-electron chi connectivity index (χ1n) is 7.55. The maximum Gasteiger partial charge on any atom is 0.325 e. The summed E-state index contributed by atoms with van der Waals surface area (Å²) >= 11 is 0. The van der Waals surface area contributed by atoms with Crippen LogP contribution in [0.25, 0.3) is 0 Å². The van der Waals surface area contributed by atoms with Gasteiger partial charge in [-0.25, -0.2) is 9.78 Å². The Morgan fingerprint density at radius 3 is 2.19 bits per heavy atom. The molecule has 0 radical (unpaired) electrons. The Morgan fingerprint density at radius 1 is 1.10 bits per heavy atom. The molecule has 0 aliphatic rings. The molecule has 1 aromatic heterocycles. The molecule has 1 rings (SSSR count). The lowest BCUT2D eigenvalue weighted by molar-refractivity contribution is 0.221. The van der Waals surface area contributed by atoms with E-state index in [1.165, 1.54) is 0 Å². The molecule has 0 bridgehead atoms. The zero-order valence-corrected chi connectivity index (χ0v) is 14.2. The topological polar surface area (TPSA) is 39.7 Å². The van der Waals surface area contributed by atoms with Crippen LogP contribution in [0.4, 0.5) is 10.6 Å². The molecular formula is C16H28N4O. The predicted molar refractivity (Wildman–Crippen MR) is 87.9 cm³/mol. The molecule has 0 spiro atoms. The molecule has 2 amide bonds. The van der Waals surface area contributed by atoms with Crippen LogP contribution in [0.1, 0.15) is 25.1 Å². The second-order valence-electron chi connectivity index (χ2n) is 5.50. The minimum atomic E-state index is -0.0281. The fourth-order valence-corrected chi connectivity index (χ4v) is 2.29. The summed E-state index contributed by atoms with van der Waals surface area (Å²) < 4.78 is 0. The summed E-state index contributed by atoms with van der Waals surface area (Å²) in [7, 11) is 3.55. The largest absolute Gasteiger partial charge is 0.330 e. The van der Waals surface area contributed by atoms with Gasteiger partial charge in [0.25, 0.3) is 0 Å². The molecular weight excluding hydrogens is 264 g/mol. The number of likely N-dealkylation sites (N-methyl/N-ethyl adjacent to an activating group) is 1. The van der Waals surface area contributed by atoms with Crippen molar-refractivity contribution in [2.75, 3.05) is 45.2 Å². The summed E-state index contributed by atoms with van der Waals surface area (Å²) in [5.41, 5.74) is 2.06. The van der Waals surface area contributed by atoms with Crippen LogP contribution in [0.15, 0.2) is 12.1 Å². The van der Waals surface area contributed by atoms with Gasteiger partial charge in [0.05, 0.1) is 0 Å². The molecule has 118 valence electrons. The number of amides is 2. The Labute approximate surface area is 128 Å². The van der Waals surface area contributed by atoms with Gasteiger partial charge in [-0.2, -0.15) is 0 Å². The average molecular weight is 292 g/mol. The molecule has 0 saturated heterocycles. The van der Waals surface area contributed by atoms with E-state index in [4.69, 9.17) is 0 Å². The molecule has 21 heavy (non-hydrogen) atoms. The van der Waals surface area contributed by atoms with Gasteiger partial charge < -0.3 is 9.80 Å². The van der Waals surface area contributed by atoms with Crippen LogP contribution in [0.2, 0.25) is 0 Å². The second kappa shape index (κ2) is 7.98. The Morgan fingerprint density at radius 2 is 1.71 bits per heavy atom. The lowest BCUT2D eigenvalue weighted by Gasteiger charge is -2.28. The molecule has 1 heterocycles. The maximum absolute atomic E-state index is 12.4. The standard InChI is InChI=1S/C16H28N4O/c1-7-19(8-2)9-10-20(16(21)18(5)6)15-12-13(3)11-14(4)17-15/h11-12H,7-10H2,1-6H3. The zero-order valence-electron chi connectivity index (χ0n) is 14.2. The Kier molecular flexibility index (Phi) is 6.62. The summed E-state index contributed by atoms with van der Waals surface area (Å²) in [6, 6.07) is 3.96. The van der Waals surface area contributed by atoms with Crippen molar-refractivity contribution in [3.05, 3.63) is 23.4 Å². The van der Waals surface area contributed by atoms with E-state index in [1.807, 2.05) is 26.0 Å². The Hall–Kier alpha value is -1.62. The van der Waals surface area contributed by atoms with Crippen LogP contribution in [-0.2, 0) is 0 Å². The van der Waals surface area contributed by atoms with Crippen LogP contribution >= 0.6 is 0 Å². The molecule has 1 aromatic rings. The molecule has 0 aliphatic heterocycles. The van der Waals surface area contributed by atoms with Gasteiger partial charge in [0.1, 0.15) is 5.82 Å². The maximum atomic E-state index is 12.4. The fraction of sp³-hybridized carbons (Fsp3) is 0.625. The number of hydrogen-bond donors (Lipinski definition) is 0. The van der Waals surface area contributed by atoms with Gasteiger partial charge in [0, 0.05) is 32.9 Å². The van der Waals surface area contributed by atoms with Gasteiger partial charge in [0.15, 0.2) is 0 Å². The second-order valence-corrected chi connectivity index (χ2v) is 5.50. The van der Waals surface area contributed by atoms with Crippen molar-refractivity contribution in [3.63, 3.8) is 0 Å². The number of urea groups is 1. The van der Waals surface area contributed by atoms with E-state index in [1.54, 1.807) is 23.9 Å². The fourth-order valence-electron chi connectivity index (χ4n) is 2.29. The quantitative estimate of drug-likeness (QED) is 0.809. The van der Waals surface area contributed by atoms with Crippen molar-refractivity contribution in [3.8, 4) is 0 Å². The molecule has 0 aliphatic carbocycles. The van der Waals surface area contributed by atoms with Crippen molar-refractivity contribution >= 4 is 11.8 Å². The first-order valence-corrected chi connectivity index (χ1v) is 7.55. The Bertz CT molecular complexity index is 449. The number of pyridine rings is 1. The zero-order chi connectivity index (χ0) is 16.0. The van der Waals surface area contributed by atoms with E-state index in [0.717, 1.165) is 36.7 Å². The van der Waals surface area contributed by atoms with E-state index in [2.05, 4.69) is 23.7 Å². The third kappa shape index (κ3) is 5.01. The Balaban J connectivity index is 2.99. The summed E-state index contributed by atoms with van der Waals surface area (Å²) in [5.74, 6) is 0.735. The normalized spacial score (nSPS) is 10.8. The number of carbonyl (C=O) groups is 1. The third-order valence-corrected chi connectivity index (χ3v) is 3.51. The number of hydrogen-bond acceptors (Lipinski definition) is 3. The summed E-state index contributed by atoms with van der Waals surface area (Å²) in [5, 5.41) is 0. The van der Waals surface area contributed by atoms with Gasteiger partial charge >= 0.3 is 6.03 Å². The molecule has 0 saturated carbocycles. The molecule has 0 unspecified atom stereocenters. The SMILES string of the molecule is CCN(CC)CCN(C(=O)N(C)C)c1cc(C)cc(C)n1. The van der Waals surface area contributed by atoms with Crippen LogP contribution in [0.3, 0.4) is 0 Å². The predicted octanol–water partition coefficient (Wildman–Crippen LogP) is 2.53. The van der Waals surface area contributed by atoms with Crippen LogP contribution in [0, 0.1) is 13.8 Å². The van der Waals surface area contributed by atoms with Gasteiger partial charge in [-0.3, -0.25) is 4.90 Å². The van der Waals surface area contributed by atoms with E-state index in [-0.39, 0.29) is 6.03 Å². The number of carbonyl (C=O) groups excluding carboxylic acids is 1. The average Bonchev–Trinajstić information content (AvgIpc) is 2.42. The molecule has 0 N–H and O–H groups in total. The van der Waals surface area contributed by atoms with Gasteiger partial charge in [-0.05, 0) is 44.6 Å². The first-order chi connectivity index (χ1) is 9.88. The van der Waals surface area contributed by atoms with Gasteiger partial charge in [0.2, 0.25) is 0 Å². The lowest BCUT2D eigenvalue weighted by Crippen LogP contribution is -2.44. The van der Waals surface area contributed by atoms with Crippen molar-refractivity contribution in [2.45, 2.75) is 27.7 Å². The summed E-state index contributed by atoms with van der Waals surface area (Å²) in [4.78, 5) is 22.6. The van der Waals surface area contributed by atoms with Crippen molar-refractivity contribution in [2.24, 2.45) is 0 Å². The van der Waals surface area contributed by atoms with E-state index < -0.39 is 0 Å². The lowest BCUT2D eigenvalue weighted by atomic mass is 10.2. The highest BCUT2D eigenvalue weighted by Crippen LogP contribution is 2.16. The molecule has 0 aromatic carbocycles. The van der Waals surface area contributed by atoms with Crippen molar-refractivity contribution in [1.82, 2.24) is 14.8 Å². The van der Waals surface area contributed by atoms with Crippen LogP contribution < -0.4 is 4.90 Å². The number of aromatic nitrogens is 1. The van der Waals surface area contributed by atoms with Crippen LogP contribution in [-0.4, -0.2) is 61.1 Å². The minimum absolute atomic E-state index is 0.0281. The van der Waals surface area contributed by atoms with E-state index in [9.17, 15) is 4.79 Å². The van der Waals surface area contributed by atoms with Crippen molar-refractivity contribution in [1.29, 1.82) is 0 Å². The summed E-state index contributed by atoms with van der Waals surface area (Å²) in [6.07, 6.45) is 0. The van der Waals surface area contributed by atoms with Gasteiger partial charge in [-0.1, -0.05) is 13.8 Å². The first kappa shape index (κ1) is 17.4. The highest BCUT2D eigenvalue weighted by atomic mass is 16.2. The minimum Gasteiger partial charge on any atom is -0.330 e. The highest BCUT2D eigenvalue weighted by molar-refractivity contribution is 5.90. The molecule has 5 heteroatoms. The number of anilines is 1. The van der Waals surface area contributed by atoms with Gasteiger partial charge in [-0.15, -0.1) is 0 Å². The smallest absolute Gasteiger partial charge is 0.325 e. The number of nitrogens with zero attached hydrogens (tertiary/aromatic N) is 4. The number of aryl methyl sites for hydroxylation is 2. The molecule has 0 fully saturated rings. The molecule has 5 nitrogen and oxygen atoms in total. The van der Waals surface area contributed by atoms with Crippen molar-refractivity contribution < 1.29 is 4.79 Å². The number of rotatable bonds is 6.